The zero-order valence-corrected chi connectivity index (χ0v) is 17.2. The number of rotatable bonds is 6. The topological polar surface area (TPSA) is 78.8 Å². The van der Waals surface area contributed by atoms with E-state index in [-0.39, 0.29) is 17.3 Å². The number of nitrogens with one attached hydrogen (secondary N) is 1. The predicted molar refractivity (Wildman–Crippen MR) is 115 cm³/mol. The van der Waals surface area contributed by atoms with Gasteiger partial charge in [0, 0.05) is 19.3 Å². The van der Waals surface area contributed by atoms with Crippen molar-refractivity contribution < 1.29 is 13.2 Å². The Hall–Kier alpha value is -2.77. The minimum atomic E-state index is -3.60. The van der Waals surface area contributed by atoms with Gasteiger partial charge in [0.25, 0.3) is 0 Å². The molecule has 0 unspecified atom stereocenters. The number of aryl methyl sites for hydroxylation is 1. The molecule has 2 aromatic rings. The fraction of sp³-hybridized carbons (Fsp3) is 0.273. The van der Waals surface area contributed by atoms with E-state index in [9.17, 15) is 13.2 Å². The molecular weight excluding hydrogens is 386 g/mol. The van der Waals surface area contributed by atoms with Crippen molar-refractivity contribution in [2.24, 2.45) is 11.0 Å². The molecule has 1 fully saturated rings. The van der Waals surface area contributed by atoms with Gasteiger partial charge in [-0.3, -0.25) is 4.79 Å². The summed E-state index contributed by atoms with van der Waals surface area (Å²) >= 11 is 0. The monoisotopic (exact) mass is 411 g/mol. The second kappa shape index (κ2) is 9.62. The zero-order valence-electron chi connectivity index (χ0n) is 16.4. The Kier molecular flexibility index (Phi) is 6.95. The number of benzene rings is 2. The lowest BCUT2D eigenvalue weighted by Gasteiger charge is -2.30. The van der Waals surface area contributed by atoms with Crippen molar-refractivity contribution in [3.8, 4) is 0 Å². The maximum atomic E-state index is 12.9. The summed E-state index contributed by atoms with van der Waals surface area (Å²) in [4.78, 5) is 12.7. The minimum Gasteiger partial charge on any atom is -0.273 e. The van der Waals surface area contributed by atoms with Crippen LogP contribution in [0.15, 0.2) is 70.7 Å². The summed E-state index contributed by atoms with van der Waals surface area (Å²) < 4.78 is 27.1. The molecule has 1 saturated heterocycles. The van der Waals surface area contributed by atoms with Gasteiger partial charge in [0.1, 0.15) is 0 Å². The molecule has 1 N–H and O–H groups in total. The third-order valence-electron chi connectivity index (χ3n) is 4.84. The predicted octanol–water partition coefficient (Wildman–Crippen LogP) is 3.21. The number of hydrogen-bond donors (Lipinski definition) is 1. The molecule has 2 aromatic carbocycles. The zero-order chi connectivity index (χ0) is 20.7. The molecule has 6 nitrogen and oxygen atoms in total. The van der Waals surface area contributed by atoms with Crippen LogP contribution < -0.4 is 5.43 Å². The first-order valence-corrected chi connectivity index (χ1v) is 11.0. The maximum absolute atomic E-state index is 12.9. The van der Waals surface area contributed by atoms with E-state index in [1.807, 2.05) is 43.3 Å². The highest BCUT2D eigenvalue weighted by molar-refractivity contribution is 7.89. The molecule has 0 aliphatic carbocycles. The van der Waals surface area contributed by atoms with Crippen LogP contribution in [0.5, 0.6) is 0 Å². The highest BCUT2D eigenvalue weighted by Crippen LogP contribution is 2.24. The number of allylic oxidation sites excluding steroid dienone is 1. The van der Waals surface area contributed by atoms with Gasteiger partial charge in [-0.2, -0.15) is 9.41 Å². The molecule has 1 aliphatic rings. The molecule has 3 rings (SSSR count). The van der Waals surface area contributed by atoms with Crippen LogP contribution in [0, 0.1) is 12.8 Å². The van der Waals surface area contributed by atoms with Gasteiger partial charge in [0.2, 0.25) is 15.9 Å². The Bertz CT molecular complexity index is 984. The van der Waals surface area contributed by atoms with Crippen LogP contribution in [0.25, 0.3) is 6.08 Å². The third-order valence-corrected chi connectivity index (χ3v) is 6.72. The Morgan fingerprint density at radius 3 is 2.59 bits per heavy atom. The molecule has 0 bridgehead atoms. The van der Waals surface area contributed by atoms with Crippen LogP contribution in [0.3, 0.4) is 0 Å². The fourth-order valence-electron chi connectivity index (χ4n) is 3.19. The lowest BCUT2D eigenvalue weighted by molar-refractivity contribution is -0.126. The third kappa shape index (κ3) is 5.62. The van der Waals surface area contributed by atoms with E-state index >= 15 is 0 Å². The van der Waals surface area contributed by atoms with E-state index in [0.29, 0.717) is 19.4 Å². The summed E-state index contributed by atoms with van der Waals surface area (Å²) in [6.07, 6.45) is 6.41. The number of nitrogens with zero attached hydrogens (tertiary/aromatic N) is 2. The molecule has 1 heterocycles. The lowest BCUT2D eigenvalue weighted by atomic mass is 9.99. The molecule has 152 valence electrons. The first-order chi connectivity index (χ1) is 14.0. The maximum Gasteiger partial charge on any atom is 0.244 e. The molecule has 1 aliphatic heterocycles. The largest absolute Gasteiger partial charge is 0.273 e. The van der Waals surface area contributed by atoms with Gasteiger partial charge in [0.05, 0.1) is 10.8 Å². The highest BCUT2D eigenvalue weighted by atomic mass is 32.2. The molecule has 0 aromatic heterocycles. The molecular formula is C22H25N3O3S. The van der Waals surface area contributed by atoms with Gasteiger partial charge >= 0.3 is 0 Å². The lowest BCUT2D eigenvalue weighted by Crippen LogP contribution is -2.44. The minimum absolute atomic E-state index is 0.164. The Labute approximate surface area is 172 Å². The highest BCUT2D eigenvalue weighted by Gasteiger charge is 2.33. The summed E-state index contributed by atoms with van der Waals surface area (Å²) in [6.45, 7) is 2.49. The van der Waals surface area contributed by atoms with Gasteiger partial charge in [-0.1, -0.05) is 54.1 Å². The molecule has 1 atom stereocenters. The van der Waals surface area contributed by atoms with E-state index in [2.05, 4.69) is 10.5 Å². The summed E-state index contributed by atoms with van der Waals surface area (Å²) in [7, 11) is -3.60. The first kappa shape index (κ1) is 21.0. The van der Waals surface area contributed by atoms with Gasteiger partial charge < -0.3 is 0 Å². The van der Waals surface area contributed by atoms with Crippen LogP contribution in [0.4, 0.5) is 0 Å². The number of carbonyl (C=O) groups is 1. The van der Waals surface area contributed by atoms with Crippen molar-refractivity contribution in [3.05, 3.63) is 71.8 Å². The number of carbonyl (C=O) groups excluding carboxylic acids is 1. The van der Waals surface area contributed by atoms with Crippen molar-refractivity contribution in [2.45, 2.75) is 24.7 Å². The summed E-state index contributed by atoms with van der Waals surface area (Å²) in [5, 5.41) is 3.94. The van der Waals surface area contributed by atoms with Crippen molar-refractivity contribution in [1.82, 2.24) is 9.73 Å². The van der Waals surface area contributed by atoms with Gasteiger partial charge in [-0.15, -0.1) is 0 Å². The van der Waals surface area contributed by atoms with Crippen LogP contribution in [0.1, 0.15) is 24.0 Å². The Balaban J connectivity index is 1.57. The SMILES string of the molecule is Cc1ccc(S(=O)(=O)N2CCC[C@@H](C(=O)N/N=C\C=C\c3ccccc3)C2)cc1. The van der Waals surface area contributed by atoms with Gasteiger partial charge in [-0.25, -0.2) is 13.8 Å². The van der Waals surface area contributed by atoms with E-state index in [1.165, 1.54) is 10.5 Å². The van der Waals surface area contributed by atoms with Crippen LogP contribution in [-0.2, 0) is 14.8 Å². The number of hydrogen-bond acceptors (Lipinski definition) is 4. The number of piperidine rings is 1. The van der Waals surface area contributed by atoms with Crippen molar-refractivity contribution in [2.75, 3.05) is 13.1 Å². The van der Waals surface area contributed by atoms with Crippen LogP contribution in [-0.4, -0.2) is 37.9 Å². The van der Waals surface area contributed by atoms with E-state index in [1.54, 1.807) is 30.3 Å². The second-order valence-electron chi connectivity index (χ2n) is 7.04. The van der Waals surface area contributed by atoms with Crippen molar-refractivity contribution >= 4 is 28.2 Å². The van der Waals surface area contributed by atoms with Crippen LogP contribution in [0.2, 0.25) is 0 Å². The Morgan fingerprint density at radius 2 is 1.86 bits per heavy atom. The van der Waals surface area contributed by atoms with E-state index in [4.69, 9.17) is 0 Å². The summed E-state index contributed by atoms with van der Waals surface area (Å²) in [5.74, 6) is -0.683. The summed E-state index contributed by atoms with van der Waals surface area (Å²) in [6, 6.07) is 16.5. The molecule has 7 heteroatoms. The first-order valence-electron chi connectivity index (χ1n) is 9.58. The molecule has 29 heavy (non-hydrogen) atoms. The molecule has 0 radical (unpaired) electrons. The molecule has 1 amide bonds. The van der Waals surface area contributed by atoms with Crippen molar-refractivity contribution in [1.29, 1.82) is 0 Å². The second-order valence-corrected chi connectivity index (χ2v) is 8.98. The van der Waals surface area contributed by atoms with E-state index < -0.39 is 15.9 Å². The number of sulfonamides is 1. The number of amides is 1. The smallest absolute Gasteiger partial charge is 0.244 e. The summed E-state index contributed by atoms with van der Waals surface area (Å²) in [5.41, 5.74) is 4.55. The average Bonchev–Trinajstić information content (AvgIpc) is 2.74. The standard InChI is InChI=1S/C22H25N3O3S/c1-18-11-13-21(14-12-18)29(27,28)25-16-6-10-20(17-25)22(26)24-23-15-5-9-19-7-3-2-4-8-19/h2-5,7-9,11-15,20H,6,10,16-17H2,1H3,(H,24,26)/b9-5+,23-15-/t20-/m1/s1. The Morgan fingerprint density at radius 1 is 1.14 bits per heavy atom. The normalized spacial score (nSPS) is 18.3. The average molecular weight is 412 g/mol. The quantitative estimate of drug-likeness (QED) is 0.586. The molecule has 0 saturated carbocycles. The van der Waals surface area contributed by atoms with Crippen molar-refractivity contribution in [3.63, 3.8) is 0 Å². The molecule has 0 spiro atoms. The van der Waals surface area contributed by atoms with Gasteiger partial charge in [-0.05, 0) is 43.5 Å². The van der Waals surface area contributed by atoms with Gasteiger partial charge in [0.15, 0.2) is 0 Å². The van der Waals surface area contributed by atoms with Crippen LogP contribution >= 0.6 is 0 Å². The van der Waals surface area contributed by atoms with E-state index in [0.717, 1.165) is 11.1 Å². The fourth-order valence-corrected chi connectivity index (χ4v) is 4.71. The number of hydrazone groups is 1.